The molecule has 0 atom stereocenters. The summed E-state index contributed by atoms with van der Waals surface area (Å²) in [6.45, 7) is 0. The number of hydrogen-bond acceptors (Lipinski definition) is 6. The van der Waals surface area contributed by atoms with E-state index in [1.807, 2.05) is 54.6 Å². The van der Waals surface area contributed by atoms with E-state index in [4.69, 9.17) is 28.4 Å². The summed E-state index contributed by atoms with van der Waals surface area (Å²) in [6, 6.07) is 17.4. The molecule has 6 nitrogen and oxygen atoms in total. The van der Waals surface area contributed by atoms with Gasteiger partial charge in [0.15, 0.2) is 17.2 Å². The fourth-order valence-corrected chi connectivity index (χ4v) is 5.54. The van der Waals surface area contributed by atoms with Crippen molar-refractivity contribution in [1.29, 1.82) is 0 Å². The quantitative estimate of drug-likeness (QED) is 0.442. The SMILES string of the molecule is COc1ccc([S+](c2ccc(OC)cc2OC)c2ccc(OC)cc2OC)c(OC)c1. The lowest BCUT2D eigenvalue weighted by atomic mass is 10.3. The van der Waals surface area contributed by atoms with Crippen molar-refractivity contribution in [3.05, 3.63) is 54.6 Å². The van der Waals surface area contributed by atoms with Gasteiger partial charge in [0.1, 0.15) is 28.1 Å². The molecule has 0 aromatic heterocycles. The number of rotatable bonds is 9. The van der Waals surface area contributed by atoms with Crippen molar-refractivity contribution < 1.29 is 28.4 Å². The molecule has 0 aliphatic heterocycles. The highest BCUT2D eigenvalue weighted by Crippen LogP contribution is 2.46. The van der Waals surface area contributed by atoms with Crippen LogP contribution in [0.4, 0.5) is 0 Å². The van der Waals surface area contributed by atoms with Crippen LogP contribution in [0.25, 0.3) is 0 Å². The fourth-order valence-electron chi connectivity index (χ4n) is 3.19. The monoisotopic (exact) mass is 443 g/mol. The largest absolute Gasteiger partial charge is 0.497 e. The van der Waals surface area contributed by atoms with E-state index in [0.29, 0.717) is 34.5 Å². The minimum atomic E-state index is -0.621. The normalized spacial score (nSPS) is 10.5. The molecule has 164 valence electrons. The zero-order chi connectivity index (χ0) is 22.4. The van der Waals surface area contributed by atoms with Crippen LogP contribution in [0.1, 0.15) is 0 Å². The molecule has 31 heavy (non-hydrogen) atoms. The van der Waals surface area contributed by atoms with E-state index in [1.165, 1.54) is 0 Å². The molecule has 0 radical (unpaired) electrons. The molecule has 0 bridgehead atoms. The van der Waals surface area contributed by atoms with Crippen molar-refractivity contribution >= 4 is 10.9 Å². The van der Waals surface area contributed by atoms with Gasteiger partial charge in [0.2, 0.25) is 14.7 Å². The molecule has 0 aliphatic carbocycles. The van der Waals surface area contributed by atoms with Gasteiger partial charge in [0.05, 0.1) is 42.7 Å². The third-order valence-electron chi connectivity index (χ3n) is 4.77. The van der Waals surface area contributed by atoms with Crippen LogP contribution in [-0.2, 0) is 10.9 Å². The zero-order valence-corrected chi connectivity index (χ0v) is 19.4. The van der Waals surface area contributed by atoms with Crippen molar-refractivity contribution in [1.82, 2.24) is 0 Å². The molecule has 3 rings (SSSR count). The van der Waals surface area contributed by atoms with Crippen molar-refractivity contribution in [2.75, 3.05) is 42.7 Å². The Labute approximate surface area is 186 Å². The maximum Gasteiger partial charge on any atom is 0.208 e. The lowest BCUT2D eigenvalue weighted by Crippen LogP contribution is -2.10. The molecule has 0 unspecified atom stereocenters. The molecule has 7 heteroatoms. The molecule has 3 aromatic carbocycles. The Balaban J connectivity index is 2.31. The van der Waals surface area contributed by atoms with Gasteiger partial charge < -0.3 is 28.4 Å². The Kier molecular flexibility index (Phi) is 7.41. The predicted octanol–water partition coefficient (Wildman–Crippen LogP) is 4.83. The minimum absolute atomic E-state index is 0.621. The number of hydrogen-bond donors (Lipinski definition) is 0. The van der Waals surface area contributed by atoms with Crippen molar-refractivity contribution in [3.8, 4) is 34.5 Å². The summed E-state index contributed by atoms with van der Waals surface area (Å²) in [7, 11) is 9.22. The Morgan fingerprint density at radius 1 is 0.419 bits per heavy atom. The number of benzene rings is 3. The van der Waals surface area contributed by atoms with Crippen LogP contribution in [0.2, 0.25) is 0 Å². The second-order valence-electron chi connectivity index (χ2n) is 6.36. The average molecular weight is 444 g/mol. The van der Waals surface area contributed by atoms with Gasteiger partial charge in [-0.1, -0.05) is 0 Å². The molecular formula is C24H27O6S+. The van der Waals surface area contributed by atoms with Gasteiger partial charge in [-0.05, 0) is 18.2 Å². The fraction of sp³-hybridized carbons (Fsp3) is 0.250. The predicted molar refractivity (Wildman–Crippen MR) is 121 cm³/mol. The third-order valence-corrected chi connectivity index (χ3v) is 7.10. The summed E-state index contributed by atoms with van der Waals surface area (Å²) >= 11 is 0. The summed E-state index contributed by atoms with van der Waals surface area (Å²) in [5.74, 6) is 4.27. The topological polar surface area (TPSA) is 55.4 Å². The Hall–Kier alpha value is -3.19. The second-order valence-corrected chi connectivity index (χ2v) is 8.29. The van der Waals surface area contributed by atoms with Gasteiger partial charge >= 0.3 is 0 Å². The standard InChI is InChI=1S/C24H27O6S/c1-25-16-7-10-22(19(13-16)28-4)31(23-11-8-17(26-2)14-20(23)29-5)24-12-9-18(27-3)15-21(24)30-6/h7-15H,1-6H3/q+1. The highest BCUT2D eigenvalue weighted by molar-refractivity contribution is 7.97. The molecular weight excluding hydrogens is 416 g/mol. The Morgan fingerprint density at radius 3 is 0.935 bits per heavy atom. The molecule has 0 spiro atoms. The Morgan fingerprint density at radius 2 is 0.710 bits per heavy atom. The zero-order valence-electron chi connectivity index (χ0n) is 18.6. The van der Waals surface area contributed by atoms with Crippen LogP contribution in [0, 0.1) is 0 Å². The maximum atomic E-state index is 5.74. The molecule has 0 saturated heterocycles. The van der Waals surface area contributed by atoms with E-state index in [0.717, 1.165) is 14.7 Å². The summed E-state index contributed by atoms with van der Waals surface area (Å²) < 4.78 is 33.4. The van der Waals surface area contributed by atoms with Crippen LogP contribution >= 0.6 is 0 Å². The van der Waals surface area contributed by atoms with E-state index in [1.54, 1.807) is 42.7 Å². The first-order valence-electron chi connectivity index (χ1n) is 9.50. The Bertz CT molecular complexity index is 905. The first-order chi connectivity index (χ1) is 15.1. The molecule has 0 heterocycles. The smallest absolute Gasteiger partial charge is 0.208 e. The van der Waals surface area contributed by atoms with Crippen molar-refractivity contribution in [2.24, 2.45) is 0 Å². The second kappa shape index (κ2) is 10.2. The van der Waals surface area contributed by atoms with Gasteiger partial charge in [-0.3, -0.25) is 0 Å². The van der Waals surface area contributed by atoms with Crippen LogP contribution in [0.15, 0.2) is 69.3 Å². The van der Waals surface area contributed by atoms with Crippen molar-refractivity contribution in [2.45, 2.75) is 14.7 Å². The van der Waals surface area contributed by atoms with Gasteiger partial charge in [-0.15, -0.1) is 0 Å². The molecule has 0 fully saturated rings. The lowest BCUT2D eigenvalue weighted by Gasteiger charge is -2.17. The summed E-state index contributed by atoms with van der Waals surface area (Å²) in [5, 5.41) is 0. The summed E-state index contributed by atoms with van der Waals surface area (Å²) in [5.41, 5.74) is 0. The highest BCUT2D eigenvalue weighted by Gasteiger charge is 2.38. The van der Waals surface area contributed by atoms with Crippen LogP contribution in [0.3, 0.4) is 0 Å². The van der Waals surface area contributed by atoms with Gasteiger partial charge in [-0.25, -0.2) is 0 Å². The van der Waals surface area contributed by atoms with E-state index < -0.39 is 10.9 Å². The lowest BCUT2D eigenvalue weighted by molar-refractivity contribution is 0.383. The van der Waals surface area contributed by atoms with Crippen molar-refractivity contribution in [3.63, 3.8) is 0 Å². The van der Waals surface area contributed by atoms with Crippen LogP contribution in [-0.4, -0.2) is 42.7 Å². The molecule has 0 N–H and O–H groups in total. The summed E-state index contributed by atoms with van der Waals surface area (Å²) in [4.78, 5) is 2.90. The molecule has 0 saturated carbocycles. The molecule has 3 aromatic rings. The molecule has 0 aliphatic rings. The number of ether oxygens (including phenoxy) is 6. The van der Waals surface area contributed by atoms with E-state index >= 15 is 0 Å². The number of methoxy groups -OCH3 is 6. The molecule has 0 amide bonds. The first kappa shape index (κ1) is 22.5. The average Bonchev–Trinajstić information content (AvgIpc) is 2.84. The third kappa shape index (κ3) is 4.61. The minimum Gasteiger partial charge on any atom is -0.497 e. The first-order valence-corrected chi connectivity index (χ1v) is 10.7. The summed E-state index contributed by atoms with van der Waals surface area (Å²) in [6.07, 6.45) is 0. The van der Waals surface area contributed by atoms with Gasteiger partial charge in [0.25, 0.3) is 0 Å². The van der Waals surface area contributed by atoms with Crippen LogP contribution < -0.4 is 28.4 Å². The maximum absolute atomic E-state index is 5.74. The van der Waals surface area contributed by atoms with E-state index in [9.17, 15) is 0 Å². The van der Waals surface area contributed by atoms with Gasteiger partial charge in [0, 0.05) is 36.4 Å². The van der Waals surface area contributed by atoms with E-state index in [-0.39, 0.29) is 0 Å². The van der Waals surface area contributed by atoms with Gasteiger partial charge in [-0.2, -0.15) is 0 Å². The van der Waals surface area contributed by atoms with Crippen LogP contribution in [0.5, 0.6) is 34.5 Å². The highest BCUT2D eigenvalue weighted by atomic mass is 32.2. The van der Waals surface area contributed by atoms with E-state index in [2.05, 4.69) is 0 Å².